The zero-order valence-electron chi connectivity index (χ0n) is 17.8. The van der Waals surface area contributed by atoms with E-state index in [0.29, 0.717) is 6.54 Å². The van der Waals surface area contributed by atoms with E-state index >= 15 is 0 Å². The minimum absolute atomic E-state index is 0.285. The molecule has 1 saturated carbocycles. The first-order valence-corrected chi connectivity index (χ1v) is 10.9. The Labute approximate surface area is 174 Å². The van der Waals surface area contributed by atoms with Gasteiger partial charge in [-0.3, -0.25) is 0 Å². The van der Waals surface area contributed by atoms with Crippen LogP contribution in [-0.2, 0) is 11.3 Å². The Morgan fingerprint density at radius 3 is 2.83 bits per heavy atom. The molecule has 1 aliphatic heterocycles. The maximum Gasteiger partial charge on any atom is 0.191 e. The molecule has 2 aliphatic rings. The second-order valence-corrected chi connectivity index (χ2v) is 7.53. The van der Waals surface area contributed by atoms with Crippen LogP contribution in [0.1, 0.15) is 51.0 Å². The van der Waals surface area contributed by atoms with Crippen molar-refractivity contribution in [1.29, 1.82) is 0 Å². The average molecular weight is 402 g/mol. The van der Waals surface area contributed by atoms with E-state index in [2.05, 4.69) is 29.7 Å². The number of nitrogens with one attached hydrogen (secondary N) is 2. The molecule has 29 heavy (non-hydrogen) atoms. The van der Waals surface area contributed by atoms with Gasteiger partial charge in [-0.25, -0.2) is 4.99 Å². The lowest BCUT2D eigenvalue weighted by molar-refractivity contribution is 0.153. The van der Waals surface area contributed by atoms with Crippen molar-refractivity contribution in [2.75, 3.05) is 33.4 Å². The number of methoxy groups -OCH3 is 1. The lowest BCUT2D eigenvalue weighted by Gasteiger charge is -2.19. The van der Waals surface area contributed by atoms with E-state index in [9.17, 15) is 0 Å². The number of ether oxygens (including phenoxy) is 3. The molecule has 0 radical (unpaired) electrons. The average Bonchev–Trinajstić information content (AvgIpc) is 3.26. The summed E-state index contributed by atoms with van der Waals surface area (Å²) < 4.78 is 17.3. The van der Waals surface area contributed by atoms with E-state index < -0.39 is 0 Å². The minimum atomic E-state index is 0.285. The first-order valence-electron chi connectivity index (χ1n) is 10.9. The molecule has 0 atom stereocenters. The Morgan fingerprint density at radius 2 is 2.10 bits per heavy atom. The van der Waals surface area contributed by atoms with E-state index in [1.165, 1.54) is 18.4 Å². The third-order valence-corrected chi connectivity index (χ3v) is 5.41. The number of hydrogen-bond donors (Lipinski definition) is 2. The van der Waals surface area contributed by atoms with Gasteiger partial charge in [0, 0.05) is 18.7 Å². The predicted octanol–water partition coefficient (Wildman–Crippen LogP) is 3.81. The number of rotatable bonds is 9. The number of aliphatic imine (C=N–C) groups is 1. The van der Waals surface area contributed by atoms with Crippen molar-refractivity contribution in [3.05, 3.63) is 35.4 Å². The highest BCUT2D eigenvalue weighted by atomic mass is 16.5. The molecule has 1 aliphatic carbocycles. The normalized spacial score (nSPS) is 17.7. The third-order valence-electron chi connectivity index (χ3n) is 5.41. The first kappa shape index (κ1) is 21.5. The molecule has 1 aromatic carbocycles. The highest BCUT2D eigenvalue weighted by Crippen LogP contribution is 2.35. The van der Waals surface area contributed by atoms with E-state index in [1.54, 1.807) is 7.11 Å². The first-order chi connectivity index (χ1) is 14.3. The summed E-state index contributed by atoms with van der Waals surface area (Å²) in [5.41, 5.74) is 2.51. The van der Waals surface area contributed by atoms with Crippen LogP contribution in [0.2, 0.25) is 0 Å². The fraction of sp³-hybridized carbons (Fsp3) is 0.609. The summed E-state index contributed by atoms with van der Waals surface area (Å²) in [7, 11) is 1.69. The van der Waals surface area contributed by atoms with Gasteiger partial charge >= 0.3 is 0 Å². The molecule has 0 spiro atoms. The summed E-state index contributed by atoms with van der Waals surface area (Å²) in [6, 6.07) is 6.04. The van der Waals surface area contributed by atoms with Gasteiger partial charge in [0.05, 0.1) is 33.0 Å². The number of benzene rings is 1. The molecular weight excluding hydrogens is 366 g/mol. The topological polar surface area (TPSA) is 64.1 Å². The van der Waals surface area contributed by atoms with Crippen LogP contribution in [-0.4, -0.2) is 45.5 Å². The quantitative estimate of drug-likeness (QED) is 0.374. The predicted molar refractivity (Wildman–Crippen MR) is 117 cm³/mol. The van der Waals surface area contributed by atoms with Crippen LogP contribution >= 0.6 is 0 Å². The van der Waals surface area contributed by atoms with Gasteiger partial charge in [-0.15, -0.1) is 0 Å². The van der Waals surface area contributed by atoms with Crippen molar-refractivity contribution in [3.8, 4) is 11.5 Å². The Bertz CT molecular complexity index is 697. The second kappa shape index (κ2) is 11.7. The number of para-hydroxylation sites is 1. The van der Waals surface area contributed by atoms with Crippen molar-refractivity contribution in [3.63, 3.8) is 0 Å². The molecule has 6 nitrogen and oxygen atoms in total. The molecule has 6 heteroatoms. The molecule has 0 bridgehead atoms. The summed E-state index contributed by atoms with van der Waals surface area (Å²) in [6.07, 6.45) is 9.24. The zero-order chi connectivity index (χ0) is 20.3. The number of guanidine groups is 1. The summed E-state index contributed by atoms with van der Waals surface area (Å²) in [4.78, 5) is 4.79. The van der Waals surface area contributed by atoms with E-state index in [1.807, 2.05) is 12.1 Å². The Kier molecular flexibility index (Phi) is 8.68. The van der Waals surface area contributed by atoms with Crippen LogP contribution < -0.4 is 20.1 Å². The molecule has 0 saturated heterocycles. The van der Waals surface area contributed by atoms with Gasteiger partial charge in [0.25, 0.3) is 0 Å². The van der Waals surface area contributed by atoms with Crippen molar-refractivity contribution in [1.82, 2.24) is 10.6 Å². The Morgan fingerprint density at radius 1 is 1.24 bits per heavy atom. The van der Waals surface area contributed by atoms with Crippen LogP contribution in [0.3, 0.4) is 0 Å². The van der Waals surface area contributed by atoms with Crippen molar-refractivity contribution in [2.24, 2.45) is 4.99 Å². The number of hydrogen-bond acceptors (Lipinski definition) is 4. The van der Waals surface area contributed by atoms with Gasteiger partial charge in [0.1, 0.15) is 0 Å². The maximum absolute atomic E-state index is 6.33. The Hall–Kier alpha value is -2.21. The summed E-state index contributed by atoms with van der Waals surface area (Å²) in [5.74, 6) is 2.46. The van der Waals surface area contributed by atoms with Crippen LogP contribution in [0.4, 0.5) is 0 Å². The molecule has 1 fully saturated rings. The number of nitrogens with zero attached hydrogens (tertiary/aromatic N) is 1. The SMILES string of the molecule is CCNC(=NCc1cccc(OC)c1OC1CCCC1)NCCC1=CCOCC1. The fourth-order valence-corrected chi connectivity index (χ4v) is 3.79. The molecule has 0 amide bonds. The minimum Gasteiger partial charge on any atom is -0.493 e. The van der Waals surface area contributed by atoms with Gasteiger partial charge in [-0.1, -0.05) is 23.8 Å². The second-order valence-electron chi connectivity index (χ2n) is 7.53. The fourth-order valence-electron chi connectivity index (χ4n) is 3.79. The monoisotopic (exact) mass is 401 g/mol. The Balaban J connectivity index is 1.63. The lowest BCUT2D eigenvalue weighted by Crippen LogP contribution is -2.38. The highest BCUT2D eigenvalue weighted by Gasteiger charge is 2.20. The van der Waals surface area contributed by atoms with Crippen LogP contribution in [0.25, 0.3) is 0 Å². The van der Waals surface area contributed by atoms with Gasteiger partial charge in [0.15, 0.2) is 17.5 Å². The van der Waals surface area contributed by atoms with Gasteiger partial charge in [0.2, 0.25) is 0 Å². The molecule has 2 N–H and O–H groups in total. The molecular formula is C23H35N3O3. The van der Waals surface area contributed by atoms with Crippen molar-refractivity contribution < 1.29 is 14.2 Å². The van der Waals surface area contributed by atoms with Crippen LogP contribution in [0.5, 0.6) is 11.5 Å². The molecule has 0 unspecified atom stereocenters. The van der Waals surface area contributed by atoms with E-state index in [0.717, 1.165) is 75.0 Å². The third kappa shape index (κ3) is 6.67. The van der Waals surface area contributed by atoms with Gasteiger partial charge in [-0.05, 0) is 51.5 Å². The standard InChI is InChI=1S/C23H35N3O3/c1-3-24-23(25-14-11-18-12-15-28-16-13-18)26-17-19-7-6-10-21(27-2)22(19)29-20-8-4-5-9-20/h6-7,10,12,20H,3-5,8-9,11,13-17H2,1-2H3,(H2,24,25,26). The molecule has 1 heterocycles. The largest absolute Gasteiger partial charge is 0.493 e. The van der Waals surface area contributed by atoms with Crippen molar-refractivity contribution >= 4 is 5.96 Å². The zero-order valence-corrected chi connectivity index (χ0v) is 17.8. The molecule has 3 rings (SSSR count). The highest BCUT2D eigenvalue weighted by molar-refractivity contribution is 5.79. The smallest absolute Gasteiger partial charge is 0.191 e. The lowest BCUT2D eigenvalue weighted by atomic mass is 10.1. The maximum atomic E-state index is 6.33. The molecule has 0 aromatic heterocycles. The van der Waals surface area contributed by atoms with Gasteiger partial charge < -0.3 is 24.8 Å². The summed E-state index contributed by atoms with van der Waals surface area (Å²) in [6.45, 7) is 5.89. The van der Waals surface area contributed by atoms with Crippen molar-refractivity contribution in [2.45, 2.75) is 58.1 Å². The molecule has 1 aromatic rings. The summed E-state index contributed by atoms with van der Waals surface area (Å²) in [5, 5.41) is 6.78. The molecule has 160 valence electrons. The van der Waals surface area contributed by atoms with Gasteiger partial charge in [-0.2, -0.15) is 0 Å². The summed E-state index contributed by atoms with van der Waals surface area (Å²) >= 11 is 0. The van der Waals surface area contributed by atoms with E-state index in [4.69, 9.17) is 19.2 Å². The van der Waals surface area contributed by atoms with Crippen LogP contribution in [0, 0.1) is 0 Å². The van der Waals surface area contributed by atoms with Crippen LogP contribution in [0.15, 0.2) is 34.8 Å². The van der Waals surface area contributed by atoms with E-state index in [-0.39, 0.29) is 6.10 Å².